The Hall–Kier alpha value is -1.27. The van der Waals surface area contributed by atoms with Crippen molar-refractivity contribution in [3.8, 4) is 0 Å². The Morgan fingerprint density at radius 3 is 2.88 bits per heavy atom. The summed E-state index contributed by atoms with van der Waals surface area (Å²) in [5, 5.41) is 0. The molecule has 0 unspecified atom stereocenters. The fourth-order valence-electron chi connectivity index (χ4n) is 1.59. The highest BCUT2D eigenvalue weighted by molar-refractivity contribution is 7.80. The lowest BCUT2D eigenvalue weighted by molar-refractivity contribution is 0.152. The maximum atomic E-state index is 5.46. The Balaban J connectivity index is 2.10. The number of thiocarbonyl (C=S) groups is 1. The molecule has 86 valence electrons. The van der Waals surface area contributed by atoms with Crippen LogP contribution in [0.3, 0.4) is 0 Å². The number of nitrogens with zero attached hydrogens (tertiary/aromatic N) is 3. The number of nitrogens with two attached hydrogens (primary N) is 1. The zero-order valence-electron chi connectivity index (χ0n) is 8.93. The summed E-state index contributed by atoms with van der Waals surface area (Å²) in [6.45, 7) is 3.34. The largest absolute Gasteiger partial charge is 0.388 e. The van der Waals surface area contributed by atoms with Crippen LogP contribution in [-0.2, 0) is 4.74 Å². The van der Waals surface area contributed by atoms with Crippen LogP contribution < -0.4 is 10.6 Å². The van der Waals surface area contributed by atoms with E-state index in [9.17, 15) is 0 Å². The zero-order valence-corrected chi connectivity index (χ0v) is 9.74. The van der Waals surface area contributed by atoms with Gasteiger partial charge in [0.15, 0.2) is 0 Å². The van der Waals surface area contributed by atoms with Gasteiger partial charge in [-0.1, -0.05) is 12.2 Å². The molecule has 6 heteroatoms. The molecular weight excluding hydrogens is 224 g/mol. The molecular formula is C10H14N4OS. The van der Waals surface area contributed by atoms with E-state index in [1.807, 2.05) is 0 Å². The van der Waals surface area contributed by atoms with E-state index in [0.717, 1.165) is 38.5 Å². The molecule has 2 rings (SSSR count). The molecule has 1 aliphatic rings. The van der Waals surface area contributed by atoms with E-state index in [4.69, 9.17) is 22.7 Å². The molecule has 1 saturated heterocycles. The zero-order chi connectivity index (χ0) is 11.4. The minimum Gasteiger partial charge on any atom is -0.388 e. The quantitative estimate of drug-likeness (QED) is 0.749. The number of ether oxygens (including phenoxy) is 1. The molecule has 0 bridgehead atoms. The van der Waals surface area contributed by atoms with E-state index in [1.54, 1.807) is 12.4 Å². The van der Waals surface area contributed by atoms with E-state index >= 15 is 0 Å². The van der Waals surface area contributed by atoms with Crippen molar-refractivity contribution >= 4 is 23.0 Å². The van der Waals surface area contributed by atoms with Crippen molar-refractivity contribution in [2.24, 2.45) is 5.73 Å². The van der Waals surface area contributed by atoms with Crippen LogP contribution in [0.15, 0.2) is 12.4 Å². The molecule has 1 aromatic rings. The van der Waals surface area contributed by atoms with E-state index in [1.165, 1.54) is 0 Å². The summed E-state index contributed by atoms with van der Waals surface area (Å²) in [5.41, 5.74) is 6.02. The maximum Gasteiger partial charge on any atom is 0.147 e. The summed E-state index contributed by atoms with van der Waals surface area (Å²) in [6.07, 6.45) is 4.34. The van der Waals surface area contributed by atoms with Crippen molar-refractivity contribution in [1.82, 2.24) is 9.97 Å². The van der Waals surface area contributed by atoms with Gasteiger partial charge in [-0.25, -0.2) is 9.97 Å². The van der Waals surface area contributed by atoms with Crippen molar-refractivity contribution < 1.29 is 4.74 Å². The monoisotopic (exact) mass is 238 g/mol. The smallest absolute Gasteiger partial charge is 0.147 e. The summed E-state index contributed by atoms with van der Waals surface area (Å²) >= 11 is 4.83. The minimum absolute atomic E-state index is 0.276. The van der Waals surface area contributed by atoms with Crippen molar-refractivity contribution in [3.63, 3.8) is 0 Å². The van der Waals surface area contributed by atoms with E-state index in [2.05, 4.69) is 14.9 Å². The van der Waals surface area contributed by atoms with Crippen LogP contribution in [0.1, 0.15) is 12.1 Å². The van der Waals surface area contributed by atoms with Gasteiger partial charge in [0, 0.05) is 19.7 Å². The fourth-order valence-corrected chi connectivity index (χ4v) is 1.69. The number of hydrogen-bond donors (Lipinski definition) is 1. The first kappa shape index (κ1) is 11.2. The Kier molecular flexibility index (Phi) is 3.63. The van der Waals surface area contributed by atoms with Gasteiger partial charge in [0.1, 0.15) is 16.5 Å². The summed E-state index contributed by atoms with van der Waals surface area (Å²) < 4.78 is 5.38. The standard InChI is InChI=1S/C10H14N4OS/c11-10(16)8-6-13-9(7-12-8)14-2-1-4-15-5-3-14/h6-7H,1-5H2,(H2,11,16). The number of hydrogen-bond acceptors (Lipinski definition) is 5. The van der Waals surface area contributed by atoms with Gasteiger partial charge in [0.2, 0.25) is 0 Å². The van der Waals surface area contributed by atoms with Crippen LogP contribution in [0.25, 0.3) is 0 Å². The predicted octanol–water partition coefficient (Wildman–Crippen LogP) is 0.337. The molecule has 2 heterocycles. The highest BCUT2D eigenvalue weighted by Crippen LogP contribution is 2.11. The van der Waals surface area contributed by atoms with Gasteiger partial charge in [-0.15, -0.1) is 0 Å². The normalized spacial score (nSPS) is 16.9. The lowest BCUT2D eigenvalue weighted by Crippen LogP contribution is -2.27. The molecule has 0 aliphatic carbocycles. The minimum atomic E-state index is 0.276. The molecule has 1 aromatic heterocycles. The van der Waals surface area contributed by atoms with Crippen LogP contribution >= 0.6 is 12.2 Å². The molecule has 1 aliphatic heterocycles. The lowest BCUT2D eigenvalue weighted by atomic mass is 10.4. The van der Waals surface area contributed by atoms with Crippen LogP contribution in [-0.4, -0.2) is 41.3 Å². The topological polar surface area (TPSA) is 64.3 Å². The van der Waals surface area contributed by atoms with Crippen LogP contribution in [0, 0.1) is 0 Å². The van der Waals surface area contributed by atoms with Crippen molar-refractivity contribution in [2.45, 2.75) is 6.42 Å². The number of rotatable bonds is 2. The third-order valence-electron chi connectivity index (χ3n) is 2.44. The van der Waals surface area contributed by atoms with Crippen LogP contribution in [0.5, 0.6) is 0 Å². The van der Waals surface area contributed by atoms with E-state index < -0.39 is 0 Å². The summed E-state index contributed by atoms with van der Waals surface area (Å²) in [7, 11) is 0. The summed E-state index contributed by atoms with van der Waals surface area (Å²) in [4.78, 5) is 10.9. The molecule has 0 spiro atoms. The van der Waals surface area contributed by atoms with Crippen molar-refractivity contribution in [2.75, 3.05) is 31.2 Å². The predicted molar refractivity (Wildman–Crippen MR) is 65.6 cm³/mol. The second-order valence-electron chi connectivity index (χ2n) is 3.58. The Morgan fingerprint density at radius 2 is 2.19 bits per heavy atom. The highest BCUT2D eigenvalue weighted by atomic mass is 32.1. The fraction of sp³-hybridized carbons (Fsp3) is 0.500. The van der Waals surface area contributed by atoms with Crippen molar-refractivity contribution in [3.05, 3.63) is 18.1 Å². The maximum absolute atomic E-state index is 5.46. The Labute approximate surface area is 99.6 Å². The van der Waals surface area contributed by atoms with Crippen LogP contribution in [0.4, 0.5) is 5.82 Å². The molecule has 0 atom stereocenters. The molecule has 1 fully saturated rings. The molecule has 0 amide bonds. The molecule has 0 radical (unpaired) electrons. The van der Waals surface area contributed by atoms with Crippen LogP contribution in [0.2, 0.25) is 0 Å². The number of anilines is 1. The summed E-state index contributed by atoms with van der Waals surface area (Å²) in [6, 6.07) is 0. The van der Waals surface area contributed by atoms with Gasteiger partial charge < -0.3 is 15.4 Å². The van der Waals surface area contributed by atoms with Gasteiger partial charge in [0.05, 0.1) is 19.0 Å². The average molecular weight is 238 g/mol. The van der Waals surface area contributed by atoms with E-state index in [0.29, 0.717) is 5.69 Å². The second-order valence-corrected chi connectivity index (χ2v) is 4.02. The highest BCUT2D eigenvalue weighted by Gasteiger charge is 2.11. The summed E-state index contributed by atoms with van der Waals surface area (Å²) in [5.74, 6) is 0.852. The average Bonchev–Trinajstić information content (AvgIpc) is 2.57. The first-order valence-corrected chi connectivity index (χ1v) is 5.63. The van der Waals surface area contributed by atoms with Gasteiger partial charge in [-0.05, 0) is 6.42 Å². The Morgan fingerprint density at radius 1 is 1.31 bits per heavy atom. The third kappa shape index (κ3) is 2.65. The molecule has 5 nitrogen and oxygen atoms in total. The van der Waals surface area contributed by atoms with Crippen molar-refractivity contribution in [1.29, 1.82) is 0 Å². The SMILES string of the molecule is NC(=S)c1cnc(N2CCCOCC2)cn1. The Bertz CT molecular complexity index is 360. The van der Waals surface area contributed by atoms with Gasteiger partial charge >= 0.3 is 0 Å². The first-order chi connectivity index (χ1) is 7.77. The molecule has 16 heavy (non-hydrogen) atoms. The molecule has 0 aromatic carbocycles. The third-order valence-corrected chi connectivity index (χ3v) is 2.65. The van der Waals surface area contributed by atoms with Gasteiger partial charge in [-0.2, -0.15) is 0 Å². The van der Waals surface area contributed by atoms with Gasteiger partial charge in [-0.3, -0.25) is 0 Å². The van der Waals surface area contributed by atoms with Gasteiger partial charge in [0.25, 0.3) is 0 Å². The molecule has 0 saturated carbocycles. The first-order valence-electron chi connectivity index (χ1n) is 5.22. The number of aromatic nitrogens is 2. The second kappa shape index (κ2) is 5.18. The van der Waals surface area contributed by atoms with E-state index in [-0.39, 0.29) is 4.99 Å². The molecule has 2 N–H and O–H groups in total. The lowest BCUT2D eigenvalue weighted by Gasteiger charge is -2.19.